The molecule has 128 valence electrons. The van der Waals surface area contributed by atoms with E-state index in [1.165, 1.54) is 16.3 Å². The molecule has 0 aliphatic rings. The van der Waals surface area contributed by atoms with Crippen LogP contribution in [0.1, 0.15) is 37.1 Å². The Labute approximate surface area is 149 Å². The Bertz CT molecular complexity index is 840. The maximum absolute atomic E-state index is 12.3. The van der Waals surface area contributed by atoms with Crippen LogP contribution in [-0.4, -0.2) is 12.5 Å². The first-order chi connectivity index (χ1) is 12.1. The number of hydrogen-bond acceptors (Lipinski definition) is 2. The van der Waals surface area contributed by atoms with Gasteiger partial charge in [-0.3, -0.25) is 4.79 Å². The summed E-state index contributed by atoms with van der Waals surface area (Å²) in [5.41, 5.74) is 2.32. The topological polar surface area (TPSA) is 41.1 Å². The van der Waals surface area contributed by atoms with Crippen molar-refractivity contribution in [2.75, 3.05) is 6.54 Å². The molecule has 3 rings (SSSR count). The predicted molar refractivity (Wildman–Crippen MR) is 103 cm³/mol. The number of amides is 1. The van der Waals surface area contributed by atoms with Crippen molar-refractivity contribution in [3.8, 4) is 0 Å². The quantitative estimate of drug-likeness (QED) is 0.704. The molecule has 0 bridgehead atoms. The van der Waals surface area contributed by atoms with Gasteiger partial charge in [0.15, 0.2) is 0 Å². The Morgan fingerprint density at radius 1 is 0.840 bits per heavy atom. The molecular formula is C22H24N2O. The highest BCUT2D eigenvalue weighted by Crippen LogP contribution is 2.23. The van der Waals surface area contributed by atoms with Gasteiger partial charge in [0.25, 0.3) is 0 Å². The van der Waals surface area contributed by atoms with E-state index in [4.69, 9.17) is 0 Å². The fourth-order valence-electron chi connectivity index (χ4n) is 3.10. The van der Waals surface area contributed by atoms with Crippen LogP contribution in [0, 0.1) is 0 Å². The first-order valence-corrected chi connectivity index (χ1v) is 8.70. The van der Waals surface area contributed by atoms with E-state index in [2.05, 4.69) is 47.9 Å². The van der Waals surface area contributed by atoms with Crippen molar-refractivity contribution >= 4 is 16.7 Å². The standard InChI is InChI=1S/C22H24N2O/c1-16(18-9-4-3-5-10-18)24-22(25)15-23-17(2)20-14-8-12-19-11-6-7-13-21(19)20/h3-14,16-17,23H,15H2,1-2H3,(H,24,25)/t16-,17+/m0/s1. The average molecular weight is 332 g/mol. The van der Waals surface area contributed by atoms with Crippen molar-refractivity contribution in [1.82, 2.24) is 10.6 Å². The summed E-state index contributed by atoms with van der Waals surface area (Å²) in [6.07, 6.45) is 0. The number of carbonyl (C=O) groups excluding carboxylic acids is 1. The lowest BCUT2D eigenvalue weighted by Gasteiger charge is -2.18. The highest BCUT2D eigenvalue weighted by molar-refractivity contribution is 5.86. The van der Waals surface area contributed by atoms with Gasteiger partial charge < -0.3 is 10.6 Å². The van der Waals surface area contributed by atoms with Crippen LogP contribution in [0.25, 0.3) is 10.8 Å². The second-order valence-corrected chi connectivity index (χ2v) is 6.37. The molecule has 25 heavy (non-hydrogen) atoms. The van der Waals surface area contributed by atoms with Gasteiger partial charge in [-0.2, -0.15) is 0 Å². The van der Waals surface area contributed by atoms with Crippen LogP contribution in [0.3, 0.4) is 0 Å². The maximum Gasteiger partial charge on any atom is 0.234 e. The lowest BCUT2D eigenvalue weighted by atomic mass is 10.00. The maximum atomic E-state index is 12.3. The minimum absolute atomic E-state index is 0.00311. The Morgan fingerprint density at radius 3 is 2.32 bits per heavy atom. The van der Waals surface area contributed by atoms with Crippen LogP contribution in [-0.2, 0) is 4.79 Å². The lowest BCUT2D eigenvalue weighted by molar-refractivity contribution is -0.121. The molecule has 0 saturated carbocycles. The number of hydrogen-bond donors (Lipinski definition) is 2. The van der Waals surface area contributed by atoms with Crippen molar-refractivity contribution in [1.29, 1.82) is 0 Å². The zero-order valence-electron chi connectivity index (χ0n) is 14.7. The molecule has 0 spiro atoms. The first kappa shape index (κ1) is 17.2. The van der Waals surface area contributed by atoms with Gasteiger partial charge in [0.05, 0.1) is 12.6 Å². The van der Waals surface area contributed by atoms with Crippen molar-refractivity contribution in [3.63, 3.8) is 0 Å². The Balaban J connectivity index is 1.60. The van der Waals surface area contributed by atoms with Crippen LogP contribution in [0.5, 0.6) is 0 Å². The Hall–Kier alpha value is -2.65. The molecule has 0 aromatic heterocycles. The molecule has 3 aromatic rings. The summed E-state index contributed by atoms with van der Waals surface area (Å²) in [5.74, 6) is 0.00318. The molecule has 0 saturated heterocycles. The first-order valence-electron chi connectivity index (χ1n) is 8.70. The molecule has 3 heteroatoms. The smallest absolute Gasteiger partial charge is 0.234 e. The largest absolute Gasteiger partial charge is 0.348 e. The summed E-state index contributed by atoms with van der Waals surface area (Å²) in [4.78, 5) is 12.3. The molecular weight excluding hydrogens is 308 g/mol. The molecule has 3 nitrogen and oxygen atoms in total. The fraction of sp³-hybridized carbons (Fsp3) is 0.227. The Morgan fingerprint density at radius 2 is 1.52 bits per heavy atom. The molecule has 0 radical (unpaired) electrons. The zero-order valence-corrected chi connectivity index (χ0v) is 14.7. The molecule has 2 N–H and O–H groups in total. The summed E-state index contributed by atoms with van der Waals surface area (Å²) in [5, 5.41) is 8.82. The highest BCUT2D eigenvalue weighted by Gasteiger charge is 2.12. The van der Waals surface area contributed by atoms with Crippen LogP contribution in [0.15, 0.2) is 72.8 Å². The third-order valence-electron chi connectivity index (χ3n) is 4.54. The van der Waals surface area contributed by atoms with Crippen molar-refractivity contribution in [2.24, 2.45) is 0 Å². The van der Waals surface area contributed by atoms with E-state index in [0.717, 1.165) is 5.56 Å². The van der Waals surface area contributed by atoms with E-state index >= 15 is 0 Å². The van der Waals surface area contributed by atoms with Crippen molar-refractivity contribution in [3.05, 3.63) is 83.9 Å². The summed E-state index contributed by atoms with van der Waals surface area (Å²) >= 11 is 0. The van der Waals surface area contributed by atoms with Gasteiger partial charge in [-0.1, -0.05) is 72.8 Å². The van der Waals surface area contributed by atoms with Gasteiger partial charge in [0.2, 0.25) is 5.91 Å². The Kier molecular flexibility index (Phi) is 5.46. The number of benzene rings is 3. The second kappa shape index (κ2) is 7.95. The molecule has 2 atom stereocenters. The summed E-state index contributed by atoms with van der Waals surface area (Å²) < 4.78 is 0. The molecule has 0 aliphatic heterocycles. The number of rotatable bonds is 6. The van der Waals surface area contributed by atoms with E-state index < -0.39 is 0 Å². The van der Waals surface area contributed by atoms with E-state index in [-0.39, 0.29) is 18.0 Å². The fourth-order valence-corrected chi connectivity index (χ4v) is 3.10. The van der Waals surface area contributed by atoms with Gasteiger partial charge in [-0.25, -0.2) is 0 Å². The van der Waals surface area contributed by atoms with Gasteiger partial charge in [0, 0.05) is 6.04 Å². The van der Waals surface area contributed by atoms with Crippen LogP contribution in [0.2, 0.25) is 0 Å². The minimum Gasteiger partial charge on any atom is -0.348 e. The SMILES string of the molecule is C[C@H](NC(=O)CN[C@H](C)c1cccc2ccccc12)c1ccccc1. The number of fused-ring (bicyclic) bond motifs is 1. The lowest BCUT2D eigenvalue weighted by Crippen LogP contribution is -2.36. The van der Waals surface area contributed by atoms with E-state index in [1.807, 2.05) is 49.4 Å². The number of nitrogens with one attached hydrogen (secondary N) is 2. The molecule has 1 amide bonds. The third kappa shape index (κ3) is 4.25. The molecule has 0 fully saturated rings. The van der Waals surface area contributed by atoms with Gasteiger partial charge >= 0.3 is 0 Å². The monoisotopic (exact) mass is 332 g/mol. The van der Waals surface area contributed by atoms with Gasteiger partial charge in [0.1, 0.15) is 0 Å². The normalized spacial score (nSPS) is 13.4. The summed E-state index contributed by atoms with van der Waals surface area (Å²) in [7, 11) is 0. The van der Waals surface area contributed by atoms with E-state index in [0.29, 0.717) is 6.54 Å². The van der Waals surface area contributed by atoms with Gasteiger partial charge in [-0.05, 0) is 35.7 Å². The van der Waals surface area contributed by atoms with Crippen molar-refractivity contribution < 1.29 is 4.79 Å². The molecule has 0 heterocycles. The summed E-state index contributed by atoms with van der Waals surface area (Å²) in [6, 6.07) is 24.7. The second-order valence-electron chi connectivity index (χ2n) is 6.37. The van der Waals surface area contributed by atoms with Gasteiger partial charge in [-0.15, -0.1) is 0 Å². The van der Waals surface area contributed by atoms with Crippen LogP contribution < -0.4 is 10.6 Å². The predicted octanol–water partition coefficient (Wildman–Crippen LogP) is 4.37. The molecule has 3 aromatic carbocycles. The number of carbonyl (C=O) groups is 1. The third-order valence-corrected chi connectivity index (χ3v) is 4.54. The minimum atomic E-state index is 0.00311. The van der Waals surface area contributed by atoms with Crippen LogP contribution in [0.4, 0.5) is 0 Å². The van der Waals surface area contributed by atoms with Crippen molar-refractivity contribution in [2.45, 2.75) is 25.9 Å². The molecule has 0 unspecified atom stereocenters. The average Bonchev–Trinajstić information content (AvgIpc) is 2.66. The van der Waals surface area contributed by atoms with Crippen LogP contribution >= 0.6 is 0 Å². The zero-order chi connectivity index (χ0) is 17.6. The van der Waals surface area contributed by atoms with E-state index in [1.54, 1.807) is 0 Å². The highest BCUT2D eigenvalue weighted by atomic mass is 16.1. The summed E-state index contributed by atoms with van der Waals surface area (Å²) in [6.45, 7) is 4.39. The van der Waals surface area contributed by atoms with E-state index in [9.17, 15) is 4.79 Å². The molecule has 0 aliphatic carbocycles.